The minimum absolute atomic E-state index is 0.107. The van der Waals surface area contributed by atoms with Crippen LogP contribution in [0, 0.1) is 24.2 Å². The lowest BCUT2D eigenvalue weighted by Gasteiger charge is -2.30. The first-order valence-corrected chi connectivity index (χ1v) is 9.58. The second kappa shape index (κ2) is 6.03. The van der Waals surface area contributed by atoms with Crippen molar-refractivity contribution < 1.29 is 14.4 Å². The first kappa shape index (κ1) is 17.7. The van der Waals surface area contributed by atoms with Gasteiger partial charge in [-0.05, 0) is 25.1 Å². The zero-order valence-electron chi connectivity index (χ0n) is 15.8. The fourth-order valence-electron chi connectivity index (χ4n) is 5.19. The molecule has 0 aromatic heterocycles. The molecule has 29 heavy (non-hydrogen) atoms. The summed E-state index contributed by atoms with van der Waals surface area (Å²) in [6.45, 7) is 1.96. The van der Waals surface area contributed by atoms with Crippen molar-refractivity contribution >= 4 is 29.1 Å². The van der Waals surface area contributed by atoms with E-state index in [4.69, 9.17) is 6.42 Å². The molecule has 3 amide bonds. The molecule has 5 rings (SSSR count). The lowest BCUT2D eigenvalue weighted by molar-refractivity contribution is -0.132. The highest BCUT2D eigenvalue weighted by Gasteiger charge is 2.71. The van der Waals surface area contributed by atoms with Crippen LogP contribution in [0.5, 0.6) is 0 Å². The molecule has 3 heterocycles. The second-order valence-electron chi connectivity index (χ2n) is 7.70. The van der Waals surface area contributed by atoms with Gasteiger partial charge in [0, 0.05) is 11.6 Å². The Labute approximate surface area is 168 Å². The molecule has 0 bridgehead atoms. The molecule has 0 unspecified atom stereocenters. The van der Waals surface area contributed by atoms with Crippen LogP contribution in [0.2, 0.25) is 0 Å². The van der Waals surface area contributed by atoms with Gasteiger partial charge in [-0.3, -0.25) is 24.6 Å². The highest BCUT2D eigenvalue weighted by Crippen LogP contribution is 2.54. The van der Waals surface area contributed by atoms with Crippen molar-refractivity contribution in [1.82, 2.24) is 5.32 Å². The Bertz CT molecular complexity index is 1090. The van der Waals surface area contributed by atoms with Crippen LogP contribution in [-0.4, -0.2) is 30.3 Å². The number of amides is 3. The van der Waals surface area contributed by atoms with Crippen molar-refractivity contribution in [3.05, 3.63) is 60.2 Å². The van der Waals surface area contributed by atoms with Gasteiger partial charge in [-0.15, -0.1) is 6.42 Å². The Morgan fingerprint density at radius 3 is 2.45 bits per heavy atom. The second-order valence-corrected chi connectivity index (χ2v) is 7.70. The van der Waals surface area contributed by atoms with Gasteiger partial charge in [0.25, 0.3) is 5.91 Å². The number of terminal acetylenes is 1. The molecule has 1 N–H and O–H groups in total. The van der Waals surface area contributed by atoms with E-state index in [1.54, 1.807) is 24.3 Å². The maximum absolute atomic E-state index is 13.6. The van der Waals surface area contributed by atoms with Gasteiger partial charge in [-0.2, -0.15) is 0 Å². The van der Waals surface area contributed by atoms with Gasteiger partial charge in [-0.25, -0.2) is 4.90 Å². The molecule has 3 aliphatic rings. The topological polar surface area (TPSA) is 69.7 Å². The minimum atomic E-state index is -1.28. The molecule has 0 radical (unpaired) electrons. The van der Waals surface area contributed by atoms with Crippen molar-refractivity contribution in [2.24, 2.45) is 11.8 Å². The molecule has 3 aliphatic heterocycles. The molecule has 4 atom stereocenters. The largest absolute Gasteiger partial charge is 0.298 e. The summed E-state index contributed by atoms with van der Waals surface area (Å²) in [5.74, 6) is 0.191. The summed E-state index contributed by atoms with van der Waals surface area (Å²) < 4.78 is 0. The third kappa shape index (κ3) is 2.08. The molecule has 144 valence electrons. The van der Waals surface area contributed by atoms with E-state index < -0.39 is 17.4 Å². The summed E-state index contributed by atoms with van der Waals surface area (Å²) in [6.07, 6.45) is 5.50. The van der Waals surface area contributed by atoms with Gasteiger partial charge in [0.2, 0.25) is 11.8 Å². The monoisotopic (exact) mass is 385 g/mol. The molecular formula is C23H19N3O3. The summed E-state index contributed by atoms with van der Waals surface area (Å²) in [5, 5.41) is 3.33. The summed E-state index contributed by atoms with van der Waals surface area (Å²) in [5.41, 5.74) is 0.636. The van der Waals surface area contributed by atoms with Gasteiger partial charge in [0.15, 0.2) is 0 Å². The fraction of sp³-hybridized carbons (Fsp3) is 0.261. The predicted octanol–water partition coefficient (Wildman–Crippen LogP) is 1.66. The highest BCUT2D eigenvalue weighted by molar-refractivity contribution is 6.26. The van der Waals surface area contributed by atoms with E-state index in [2.05, 4.69) is 11.2 Å². The van der Waals surface area contributed by atoms with E-state index in [0.717, 1.165) is 0 Å². The molecule has 2 aromatic carbocycles. The quantitative estimate of drug-likeness (QED) is 0.631. The maximum atomic E-state index is 13.6. The van der Waals surface area contributed by atoms with Crippen LogP contribution in [0.1, 0.15) is 12.5 Å². The zero-order chi connectivity index (χ0) is 20.3. The Kier molecular flexibility index (Phi) is 3.67. The van der Waals surface area contributed by atoms with Crippen molar-refractivity contribution in [2.75, 3.05) is 16.3 Å². The Balaban J connectivity index is 1.69. The zero-order valence-corrected chi connectivity index (χ0v) is 15.8. The number of rotatable bonds is 2. The average Bonchev–Trinajstić information content (AvgIpc) is 3.27. The first-order chi connectivity index (χ1) is 14.0. The van der Waals surface area contributed by atoms with E-state index in [0.29, 0.717) is 16.9 Å². The molecular weight excluding hydrogens is 366 g/mol. The molecule has 6 heteroatoms. The molecule has 2 saturated heterocycles. The first-order valence-electron chi connectivity index (χ1n) is 9.58. The minimum Gasteiger partial charge on any atom is -0.298 e. The van der Waals surface area contributed by atoms with Crippen molar-refractivity contribution in [1.29, 1.82) is 0 Å². The lowest BCUT2D eigenvalue weighted by Crippen LogP contribution is -2.55. The number of para-hydroxylation sites is 2. The standard InChI is InChI=1S/C23H19N3O3/c1-3-13-25-17-12-8-7-11-16(17)23(22(25)29)19-18(14(2)24-23)20(27)26(21(19)28)15-9-5-4-6-10-15/h1,4-12,14,18-19,24H,13H2,2H3/t14-,18+,19-,23+/m1/s1. The van der Waals surface area contributed by atoms with E-state index in [1.165, 1.54) is 9.80 Å². The number of anilines is 2. The average molecular weight is 385 g/mol. The van der Waals surface area contributed by atoms with Crippen LogP contribution in [0.15, 0.2) is 54.6 Å². The van der Waals surface area contributed by atoms with E-state index in [9.17, 15) is 14.4 Å². The van der Waals surface area contributed by atoms with Crippen LogP contribution in [0.4, 0.5) is 11.4 Å². The van der Waals surface area contributed by atoms with Gasteiger partial charge in [-0.1, -0.05) is 42.3 Å². The van der Waals surface area contributed by atoms with E-state index >= 15 is 0 Å². The van der Waals surface area contributed by atoms with Gasteiger partial charge in [0.1, 0.15) is 5.54 Å². The van der Waals surface area contributed by atoms with Crippen LogP contribution in [-0.2, 0) is 19.9 Å². The third-order valence-electron chi connectivity index (χ3n) is 6.28. The molecule has 0 aliphatic carbocycles. The van der Waals surface area contributed by atoms with Crippen LogP contribution >= 0.6 is 0 Å². The number of imide groups is 1. The lowest BCUT2D eigenvalue weighted by atomic mass is 9.76. The molecule has 6 nitrogen and oxygen atoms in total. The van der Waals surface area contributed by atoms with E-state index in [1.807, 2.05) is 37.3 Å². The number of fused-ring (bicyclic) bond motifs is 4. The van der Waals surface area contributed by atoms with E-state index in [-0.39, 0.29) is 30.3 Å². The Morgan fingerprint density at radius 2 is 1.72 bits per heavy atom. The van der Waals surface area contributed by atoms with Crippen molar-refractivity contribution in [3.8, 4) is 12.3 Å². The van der Waals surface area contributed by atoms with Gasteiger partial charge < -0.3 is 0 Å². The van der Waals surface area contributed by atoms with Crippen LogP contribution < -0.4 is 15.1 Å². The van der Waals surface area contributed by atoms with Crippen molar-refractivity contribution in [2.45, 2.75) is 18.5 Å². The SMILES string of the molecule is C#CCN1C(=O)[C@]2(N[C@H](C)[C@@H]3C(=O)N(c4ccccc4)C(=O)[C@@H]32)c2ccccc21. The number of nitrogens with zero attached hydrogens (tertiary/aromatic N) is 2. The predicted molar refractivity (Wildman–Crippen MR) is 108 cm³/mol. The maximum Gasteiger partial charge on any atom is 0.253 e. The van der Waals surface area contributed by atoms with Gasteiger partial charge >= 0.3 is 0 Å². The fourth-order valence-corrected chi connectivity index (χ4v) is 5.19. The number of nitrogens with one attached hydrogen (secondary N) is 1. The highest BCUT2D eigenvalue weighted by atomic mass is 16.2. The number of benzene rings is 2. The Morgan fingerprint density at radius 1 is 1.03 bits per heavy atom. The van der Waals surface area contributed by atoms with Gasteiger partial charge in [0.05, 0.1) is 29.8 Å². The molecule has 2 fully saturated rings. The molecule has 1 spiro atoms. The normalized spacial score (nSPS) is 30.1. The number of hydrogen-bond donors (Lipinski definition) is 1. The van der Waals surface area contributed by atoms with Crippen LogP contribution in [0.3, 0.4) is 0 Å². The summed E-state index contributed by atoms with van der Waals surface area (Å²) in [7, 11) is 0. The number of carbonyl (C=O) groups excluding carboxylic acids is 3. The third-order valence-corrected chi connectivity index (χ3v) is 6.28. The number of hydrogen-bond acceptors (Lipinski definition) is 4. The molecule has 2 aromatic rings. The summed E-state index contributed by atoms with van der Waals surface area (Å²) >= 11 is 0. The smallest absolute Gasteiger partial charge is 0.253 e. The van der Waals surface area contributed by atoms with Crippen LogP contribution in [0.25, 0.3) is 0 Å². The van der Waals surface area contributed by atoms with Crippen molar-refractivity contribution in [3.63, 3.8) is 0 Å². The molecule has 0 saturated carbocycles. The summed E-state index contributed by atoms with van der Waals surface area (Å²) in [6, 6.07) is 15.9. The summed E-state index contributed by atoms with van der Waals surface area (Å²) in [4.78, 5) is 43.3. The number of carbonyl (C=O) groups is 3. The Hall–Kier alpha value is -3.43.